The summed E-state index contributed by atoms with van der Waals surface area (Å²) in [6, 6.07) is 11.1. The first-order valence-electron chi connectivity index (χ1n) is 9.33. The number of urea groups is 1. The number of carbonyl (C=O) groups is 2. The average molecular weight is 385 g/mol. The van der Waals surface area contributed by atoms with E-state index >= 15 is 0 Å². The van der Waals surface area contributed by atoms with Crippen LogP contribution in [0.25, 0.3) is 0 Å². The van der Waals surface area contributed by atoms with E-state index in [1.54, 1.807) is 18.2 Å². The SMILES string of the molecule is COC(=O)c1ccc(N2CCCC2)c(NC(=O)NCCc2cccc(F)c2)c1. The van der Waals surface area contributed by atoms with Crippen LogP contribution in [-0.4, -0.2) is 38.7 Å². The summed E-state index contributed by atoms with van der Waals surface area (Å²) in [6.45, 7) is 2.19. The van der Waals surface area contributed by atoms with Gasteiger partial charge in [0.05, 0.1) is 24.0 Å². The molecule has 0 aromatic heterocycles. The van der Waals surface area contributed by atoms with Crippen molar-refractivity contribution in [2.24, 2.45) is 0 Å². The molecule has 2 aromatic rings. The number of benzene rings is 2. The molecule has 2 N–H and O–H groups in total. The van der Waals surface area contributed by atoms with Crippen LogP contribution in [0.15, 0.2) is 42.5 Å². The van der Waals surface area contributed by atoms with Crippen molar-refractivity contribution in [1.29, 1.82) is 0 Å². The third-order valence-electron chi connectivity index (χ3n) is 4.70. The van der Waals surface area contributed by atoms with Gasteiger partial charge >= 0.3 is 12.0 Å². The number of halogens is 1. The molecule has 3 rings (SSSR count). The summed E-state index contributed by atoms with van der Waals surface area (Å²) in [5.74, 6) is -0.751. The average Bonchev–Trinajstić information content (AvgIpc) is 3.22. The Balaban J connectivity index is 1.66. The second kappa shape index (κ2) is 9.21. The van der Waals surface area contributed by atoms with Gasteiger partial charge in [-0.15, -0.1) is 0 Å². The van der Waals surface area contributed by atoms with Crippen LogP contribution in [-0.2, 0) is 11.2 Å². The molecular weight excluding hydrogens is 361 g/mol. The third-order valence-corrected chi connectivity index (χ3v) is 4.70. The van der Waals surface area contributed by atoms with Crippen molar-refractivity contribution >= 4 is 23.4 Å². The zero-order valence-electron chi connectivity index (χ0n) is 15.8. The number of methoxy groups -OCH3 is 1. The number of hydrogen-bond acceptors (Lipinski definition) is 4. The monoisotopic (exact) mass is 385 g/mol. The number of amides is 2. The summed E-state index contributed by atoms with van der Waals surface area (Å²) < 4.78 is 18.0. The van der Waals surface area contributed by atoms with Crippen molar-refractivity contribution in [2.75, 3.05) is 37.0 Å². The quantitative estimate of drug-likeness (QED) is 0.746. The van der Waals surface area contributed by atoms with Crippen molar-refractivity contribution in [3.63, 3.8) is 0 Å². The Morgan fingerprint density at radius 2 is 1.93 bits per heavy atom. The normalized spacial score (nSPS) is 13.3. The molecule has 6 nitrogen and oxygen atoms in total. The number of nitrogens with one attached hydrogen (secondary N) is 2. The van der Waals surface area contributed by atoms with Gasteiger partial charge in [0, 0.05) is 19.6 Å². The maximum atomic E-state index is 13.2. The second-order valence-corrected chi connectivity index (χ2v) is 6.68. The summed E-state index contributed by atoms with van der Waals surface area (Å²) in [7, 11) is 1.32. The van der Waals surface area contributed by atoms with E-state index < -0.39 is 5.97 Å². The van der Waals surface area contributed by atoms with Crippen molar-refractivity contribution < 1.29 is 18.7 Å². The molecular formula is C21H24FN3O3. The topological polar surface area (TPSA) is 70.7 Å². The first-order valence-corrected chi connectivity index (χ1v) is 9.33. The Morgan fingerprint density at radius 1 is 1.14 bits per heavy atom. The first kappa shape index (κ1) is 19.7. The minimum Gasteiger partial charge on any atom is -0.465 e. The van der Waals surface area contributed by atoms with Gasteiger partial charge in [-0.05, 0) is 55.2 Å². The molecule has 0 aliphatic carbocycles. The molecule has 1 fully saturated rings. The highest BCUT2D eigenvalue weighted by Crippen LogP contribution is 2.30. The Labute approximate surface area is 163 Å². The molecule has 0 saturated carbocycles. The highest BCUT2D eigenvalue weighted by molar-refractivity contribution is 5.97. The van der Waals surface area contributed by atoms with Crippen molar-refractivity contribution in [3.05, 3.63) is 59.4 Å². The number of nitrogens with zero attached hydrogens (tertiary/aromatic N) is 1. The van der Waals surface area contributed by atoms with E-state index in [0.29, 0.717) is 24.2 Å². The zero-order valence-corrected chi connectivity index (χ0v) is 15.8. The van der Waals surface area contributed by atoms with Gasteiger partial charge in [0.15, 0.2) is 0 Å². The maximum absolute atomic E-state index is 13.2. The van der Waals surface area contributed by atoms with E-state index in [1.807, 2.05) is 12.1 Å². The molecule has 28 heavy (non-hydrogen) atoms. The van der Waals surface area contributed by atoms with E-state index in [-0.39, 0.29) is 11.8 Å². The molecule has 2 aromatic carbocycles. The number of hydrogen-bond donors (Lipinski definition) is 2. The number of esters is 1. The Hall–Kier alpha value is -3.09. The summed E-state index contributed by atoms with van der Waals surface area (Å²) in [5, 5.41) is 5.60. The summed E-state index contributed by atoms with van der Waals surface area (Å²) >= 11 is 0. The Kier molecular flexibility index (Phi) is 6.47. The summed E-state index contributed by atoms with van der Waals surface area (Å²) in [5.41, 5.74) is 2.63. The molecule has 0 bridgehead atoms. The van der Waals surface area contributed by atoms with Crippen molar-refractivity contribution in [1.82, 2.24) is 5.32 Å². The van der Waals surface area contributed by atoms with Crippen LogP contribution >= 0.6 is 0 Å². The Morgan fingerprint density at radius 3 is 2.64 bits per heavy atom. The lowest BCUT2D eigenvalue weighted by Crippen LogP contribution is -2.31. The van der Waals surface area contributed by atoms with Crippen LogP contribution in [0.2, 0.25) is 0 Å². The van der Waals surface area contributed by atoms with Crippen LogP contribution in [0, 0.1) is 5.82 Å². The molecule has 1 aliphatic heterocycles. The maximum Gasteiger partial charge on any atom is 0.337 e. The standard InChI is InChI=1S/C21H24FN3O3/c1-28-20(26)16-7-8-19(25-11-2-3-12-25)18(14-16)24-21(27)23-10-9-15-5-4-6-17(22)13-15/h4-8,13-14H,2-3,9-12H2,1H3,(H2,23,24,27). The van der Waals surface area contributed by atoms with Gasteiger partial charge in [-0.2, -0.15) is 0 Å². The fraction of sp³-hybridized carbons (Fsp3) is 0.333. The molecule has 0 spiro atoms. The zero-order chi connectivity index (χ0) is 19.9. The van der Waals surface area contributed by atoms with Gasteiger partial charge in [-0.25, -0.2) is 14.0 Å². The van der Waals surface area contributed by atoms with E-state index in [1.165, 1.54) is 19.2 Å². The van der Waals surface area contributed by atoms with Gasteiger partial charge in [0.25, 0.3) is 0 Å². The third kappa shape index (κ3) is 5.00. The van der Waals surface area contributed by atoms with E-state index in [2.05, 4.69) is 15.5 Å². The summed E-state index contributed by atoms with van der Waals surface area (Å²) in [6.07, 6.45) is 2.71. The molecule has 2 amide bonds. The van der Waals surface area contributed by atoms with Gasteiger partial charge in [-0.1, -0.05) is 12.1 Å². The lowest BCUT2D eigenvalue weighted by Gasteiger charge is -2.22. The van der Waals surface area contributed by atoms with Crippen molar-refractivity contribution in [2.45, 2.75) is 19.3 Å². The molecule has 0 unspecified atom stereocenters. The fourth-order valence-corrected chi connectivity index (χ4v) is 3.29. The predicted octanol–water partition coefficient (Wildman–Crippen LogP) is 3.58. The largest absolute Gasteiger partial charge is 0.465 e. The van der Waals surface area contributed by atoms with Gasteiger partial charge in [0.1, 0.15) is 5.82 Å². The van der Waals surface area contributed by atoms with Crippen molar-refractivity contribution in [3.8, 4) is 0 Å². The number of ether oxygens (including phenoxy) is 1. The smallest absolute Gasteiger partial charge is 0.337 e. The van der Waals surface area contributed by atoms with Gasteiger partial charge < -0.3 is 20.3 Å². The second-order valence-electron chi connectivity index (χ2n) is 6.68. The van der Waals surface area contributed by atoms with Crippen LogP contribution in [0.5, 0.6) is 0 Å². The first-order chi connectivity index (χ1) is 13.6. The Bertz CT molecular complexity index is 851. The number of anilines is 2. The predicted molar refractivity (Wildman–Crippen MR) is 106 cm³/mol. The molecule has 148 valence electrons. The molecule has 1 heterocycles. The van der Waals surface area contributed by atoms with Crippen LogP contribution in [0.3, 0.4) is 0 Å². The molecule has 1 aliphatic rings. The van der Waals surface area contributed by atoms with Crippen LogP contribution < -0.4 is 15.5 Å². The molecule has 0 radical (unpaired) electrons. The number of rotatable bonds is 6. The van der Waals surface area contributed by atoms with E-state index in [0.717, 1.165) is 37.2 Å². The van der Waals surface area contributed by atoms with E-state index in [9.17, 15) is 14.0 Å². The molecule has 7 heteroatoms. The fourth-order valence-electron chi connectivity index (χ4n) is 3.29. The van der Waals surface area contributed by atoms with Gasteiger partial charge in [0.2, 0.25) is 0 Å². The van der Waals surface area contributed by atoms with E-state index in [4.69, 9.17) is 4.74 Å². The minimum atomic E-state index is -0.456. The summed E-state index contributed by atoms with van der Waals surface area (Å²) in [4.78, 5) is 26.4. The highest BCUT2D eigenvalue weighted by atomic mass is 19.1. The molecule has 1 saturated heterocycles. The highest BCUT2D eigenvalue weighted by Gasteiger charge is 2.19. The van der Waals surface area contributed by atoms with Crippen LogP contribution in [0.4, 0.5) is 20.6 Å². The molecule has 0 atom stereocenters. The lowest BCUT2D eigenvalue weighted by molar-refractivity contribution is 0.0600. The lowest BCUT2D eigenvalue weighted by atomic mass is 10.1. The minimum absolute atomic E-state index is 0.295. The van der Waals surface area contributed by atoms with Gasteiger partial charge in [-0.3, -0.25) is 0 Å². The van der Waals surface area contributed by atoms with Crippen LogP contribution in [0.1, 0.15) is 28.8 Å². The number of carbonyl (C=O) groups excluding carboxylic acids is 2.